The Morgan fingerprint density at radius 2 is 2.00 bits per heavy atom. The van der Waals surface area contributed by atoms with Gasteiger partial charge in [-0.3, -0.25) is 4.79 Å². The SMILES string of the molecule is O=NC=C1C=CN(CC(=O)N2CCOCC2)C=C1. The average molecular weight is 249 g/mol. The van der Waals surface area contributed by atoms with Gasteiger partial charge in [-0.05, 0) is 22.9 Å². The molecule has 0 saturated carbocycles. The van der Waals surface area contributed by atoms with Gasteiger partial charge in [-0.15, -0.1) is 4.91 Å². The molecular weight excluding hydrogens is 234 g/mol. The molecule has 2 rings (SSSR count). The highest BCUT2D eigenvalue weighted by atomic mass is 16.5. The van der Waals surface area contributed by atoms with Crippen LogP contribution in [0.15, 0.2) is 41.5 Å². The van der Waals surface area contributed by atoms with E-state index in [1.165, 1.54) is 6.20 Å². The van der Waals surface area contributed by atoms with Crippen molar-refractivity contribution in [2.24, 2.45) is 5.18 Å². The van der Waals surface area contributed by atoms with Crippen LogP contribution in [0.5, 0.6) is 0 Å². The van der Waals surface area contributed by atoms with Gasteiger partial charge in [0.05, 0.1) is 19.4 Å². The second kappa shape index (κ2) is 6.11. The number of carbonyl (C=O) groups excluding carboxylic acids is 1. The Labute approximate surface area is 105 Å². The predicted octanol–water partition coefficient (Wildman–Crippen LogP) is 0.839. The molecule has 96 valence electrons. The molecule has 0 bridgehead atoms. The van der Waals surface area contributed by atoms with E-state index in [9.17, 15) is 9.70 Å². The lowest BCUT2D eigenvalue weighted by molar-refractivity contribution is -0.135. The summed E-state index contributed by atoms with van der Waals surface area (Å²) in [5.74, 6) is 0.0774. The molecule has 0 atom stereocenters. The Morgan fingerprint density at radius 1 is 1.33 bits per heavy atom. The lowest BCUT2D eigenvalue weighted by Gasteiger charge is -2.29. The number of carbonyl (C=O) groups is 1. The first kappa shape index (κ1) is 12.5. The molecule has 0 unspecified atom stereocenters. The van der Waals surface area contributed by atoms with Gasteiger partial charge in [0.25, 0.3) is 0 Å². The number of ether oxygens (including phenoxy) is 1. The van der Waals surface area contributed by atoms with E-state index in [0.717, 1.165) is 5.57 Å². The molecule has 0 N–H and O–H groups in total. The van der Waals surface area contributed by atoms with Crippen LogP contribution in [-0.4, -0.2) is 48.6 Å². The fourth-order valence-corrected chi connectivity index (χ4v) is 1.79. The second-order valence-corrected chi connectivity index (χ2v) is 4.03. The van der Waals surface area contributed by atoms with Crippen LogP contribution in [0.25, 0.3) is 0 Å². The number of nitrogens with zero attached hydrogens (tertiary/aromatic N) is 3. The van der Waals surface area contributed by atoms with Gasteiger partial charge in [0.2, 0.25) is 5.91 Å². The van der Waals surface area contributed by atoms with Gasteiger partial charge >= 0.3 is 0 Å². The summed E-state index contributed by atoms with van der Waals surface area (Å²) in [4.78, 5) is 25.6. The van der Waals surface area contributed by atoms with Crippen molar-refractivity contribution in [1.29, 1.82) is 0 Å². The highest BCUT2D eigenvalue weighted by Crippen LogP contribution is 2.10. The summed E-state index contributed by atoms with van der Waals surface area (Å²) in [7, 11) is 0. The van der Waals surface area contributed by atoms with E-state index < -0.39 is 0 Å². The zero-order chi connectivity index (χ0) is 12.8. The van der Waals surface area contributed by atoms with Gasteiger partial charge in [-0.1, -0.05) is 0 Å². The summed E-state index contributed by atoms with van der Waals surface area (Å²) in [5, 5.41) is 2.70. The Kier molecular flexibility index (Phi) is 4.25. The Balaban J connectivity index is 1.85. The highest BCUT2D eigenvalue weighted by Gasteiger charge is 2.18. The minimum atomic E-state index is 0.0774. The van der Waals surface area contributed by atoms with Crippen LogP contribution in [0.4, 0.5) is 0 Å². The lowest BCUT2D eigenvalue weighted by Crippen LogP contribution is -2.44. The molecule has 2 heterocycles. The van der Waals surface area contributed by atoms with Gasteiger partial charge in [-0.25, -0.2) is 0 Å². The first-order valence-corrected chi connectivity index (χ1v) is 5.80. The second-order valence-electron chi connectivity index (χ2n) is 4.03. The average Bonchev–Trinajstić information content (AvgIpc) is 2.42. The standard InChI is InChI=1S/C12H15N3O3/c16-12(15-5-7-18-8-6-15)10-14-3-1-11(2-4-14)9-13-17/h1-4,9H,5-8,10H2. The molecule has 18 heavy (non-hydrogen) atoms. The largest absolute Gasteiger partial charge is 0.378 e. The smallest absolute Gasteiger partial charge is 0.242 e. The number of nitroso groups, excluding NO2 is 1. The molecule has 0 aromatic carbocycles. The van der Waals surface area contributed by atoms with Gasteiger partial charge in [-0.2, -0.15) is 0 Å². The molecule has 2 aliphatic rings. The van der Waals surface area contributed by atoms with Crippen molar-refractivity contribution < 1.29 is 9.53 Å². The van der Waals surface area contributed by atoms with E-state index in [1.807, 2.05) is 0 Å². The van der Waals surface area contributed by atoms with Crippen LogP contribution < -0.4 is 0 Å². The van der Waals surface area contributed by atoms with E-state index in [-0.39, 0.29) is 5.91 Å². The highest BCUT2D eigenvalue weighted by molar-refractivity contribution is 5.78. The van der Waals surface area contributed by atoms with Crippen LogP contribution >= 0.6 is 0 Å². The van der Waals surface area contributed by atoms with E-state index in [0.29, 0.717) is 32.8 Å². The lowest BCUT2D eigenvalue weighted by atomic mass is 10.2. The van der Waals surface area contributed by atoms with Crippen LogP contribution in [-0.2, 0) is 9.53 Å². The third kappa shape index (κ3) is 3.27. The Bertz CT molecular complexity index is 393. The van der Waals surface area contributed by atoms with Gasteiger partial charge in [0.15, 0.2) is 0 Å². The normalized spacial score (nSPS) is 19.0. The topological polar surface area (TPSA) is 62.2 Å². The van der Waals surface area contributed by atoms with Crippen molar-refractivity contribution >= 4 is 5.91 Å². The van der Waals surface area contributed by atoms with Crippen LogP contribution in [0, 0.1) is 4.91 Å². The molecule has 6 heteroatoms. The summed E-state index contributed by atoms with van der Waals surface area (Å²) in [6.07, 6.45) is 8.24. The van der Waals surface area contributed by atoms with Crippen LogP contribution in [0.2, 0.25) is 0 Å². The van der Waals surface area contributed by atoms with Crippen molar-refractivity contribution in [2.75, 3.05) is 32.8 Å². The maximum absolute atomic E-state index is 12.0. The molecule has 6 nitrogen and oxygen atoms in total. The molecular formula is C12H15N3O3. The van der Waals surface area contributed by atoms with E-state index in [2.05, 4.69) is 5.18 Å². The molecule has 0 aromatic heterocycles. The minimum Gasteiger partial charge on any atom is -0.378 e. The molecule has 1 fully saturated rings. The number of rotatable bonds is 3. The van der Waals surface area contributed by atoms with Crippen molar-refractivity contribution in [3.63, 3.8) is 0 Å². The van der Waals surface area contributed by atoms with Crippen LogP contribution in [0.1, 0.15) is 0 Å². The summed E-state index contributed by atoms with van der Waals surface area (Å²) < 4.78 is 5.20. The number of amides is 1. The summed E-state index contributed by atoms with van der Waals surface area (Å²) in [6, 6.07) is 0. The molecule has 0 radical (unpaired) electrons. The fraction of sp³-hybridized carbons (Fsp3) is 0.417. The quantitative estimate of drug-likeness (QED) is 0.695. The summed E-state index contributed by atoms with van der Waals surface area (Å²) in [6.45, 7) is 2.82. The molecule has 1 amide bonds. The van der Waals surface area contributed by atoms with Crippen LogP contribution in [0.3, 0.4) is 0 Å². The number of hydrogen-bond acceptors (Lipinski definition) is 5. The maximum atomic E-state index is 12.0. The number of morpholine rings is 1. The first-order chi connectivity index (χ1) is 8.79. The number of hydrogen-bond donors (Lipinski definition) is 0. The summed E-state index contributed by atoms with van der Waals surface area (Å²) >= 11 is 0. The zero-order valence-corrected chi connectivity index (χ0v) is 9.99. The van der Waals surface area contributed by atoms with Crippen molar-refractivity contribution in [2.45, 2.75) is 0 Å². The summed E-state index contributed by atoms with van der Waals surface area (Å²) in [5.41, 5.74) is 0.722. The molecule has 1 saturated heterocycles. The molecule has 0 aliphatic carbocycles. The van der Waals surface area contributed by atoms with Gasteiger partial charge in [0.1, 0.15) is 6.54 Å². The van der Waals surface area contributed by atoms with Gasteiger partial charge in [0, 0.05) is 25.5 Å². The Hall–Kier alpha value is -1.95. The molecule has 0 spiro atoms. The van der Waals surface area contributed by atoms with E-state index >= 15 is 0 Å². The minimum absolute atomic E-state index is 0.0774. The molecule has 2 aliphatic heterocycles. The maximum Gasteiger partial charge on any atom is 0.242 e. The van der Waals surface area contributed by atoms with Crippen molar-refractivity contribution in [1.82, 2.24) is 9.80 Å². The van der Waals surface area contributed by atoms with Crippen molar-refractivity contribution in [3.05, 3.63) is 41.2 Å². The third-order valence-electron chi connectivity index (χ3n) is 2.80. The van der Waals surface area contributed by atoms with E-state index in [4.69, 9.17) is 4.74 Å². The van der Waals surface area contributed by atoms with E-state index in [1.54, 1.807) is 34.4 Å². The van der Waals surface area contributed by atoms with Gasteiger partial charge < -0.3 is 14.5 Å². The monoisotopic (exact) mass is 249 g/mol. The van der Waals surface area contributed by atoms with Crippen molar-refractivity contribution in [3.8, 4) is 0 Å². The fourth-order valence-electron chi connectivity index (χ4n) is 1.79. The zero-order valence-electron chi connectivity index (χ0n) is 9.99. The predicted molar refractivity (Wildman–Crippen MR) is 66.3 cm³/mol. The molecule has 0 aromatic rings. The Morgan fingerprint density at radius 3 is 2.61 bits per heavy atom. The number of allylic oxidation sites excluding steroid dienone is 3. The third-order valence-corrected chi connectivity index (χ3v) is 2.80. The first-order valence-electron chi connectivity index (χ1n) is 5.80.